The highest BCUT2D eigenvalue weighted by Gasteiger charge is 2.08. The molecule has 7 heteroatoms. The third-order valence-corrected chi connectivity index (χ3v) is 1.94. The zero-order valence-corrected chi connectivity index (χ0v) is 7.75. The lowest BCUT2D eigenvalue weighted by Gasteiger charge is -1.93. The first-order valence-corrected chi connectivity index (χ1v) is 4.02. The van der Waals surface area contributed by atoms with Crippen molar-refractivity contribution >= 4 is 12.2 Å². The lowest BCUT2D eigenvalue weighted by atomic mass is 10.4. The maximum atomic E-state index is 5.61. The number of nitrogens with one attached hydrogen (secondary N) is 1. The van der Waals surface area contributed by atoms with E-state index in [2.05, 4.69) is 15.3 Å². The van der Waals surface area contributed by atoms with Gasteiger partial charge in [0.2, 0.25) is 10.6 Å². The van der Waals surface area contributed by atoms with E-state index in [9.17, 15) is 0 Å². The van der Waals surface area contributed by atoms with Gasteiger partial charge >= 0.3 is 0 Å². The van der Waals surface area contributed by atoms with Gasteiger partial charge in [-0.3, -0.25) is 4.68 Å². The molecule has 2 aromatic rings. The predicted molar refractivity (Wildman–Crippen MR) is 49.8 cm³/mol. The molecule has 2 aromatic heterocycles. The largest absolute Gasteiger partial charge is 0.335 e. The van der Waals surface area contributed by atoms with E-state index in [1.54, 1.807) is 4.68 Å². The van der Waals surface area contributed by atoms with Crippen LogP contribution in [-0.4, -0.2) is 24.7 Å². The fourth-order valence-corrected chi connectivity index (χ4v) is 1.15. The molecule has 0 unspecified atom stereocenters. The van der Waals surface area contributed by atoms with Gasteiger partial charge in [-0.05, 0) is 18.3 Å². The molecule has 0 aliphatic rings. The summed E-state index contributed by atoms with van der Waals surface area (Å²) in [7, 11) is 1.83. The van der Waals surface area contributed by atoms with Crippen LogP contribution in [0, 0.1) is 4.77 Å². The molecule has 2 heterocycles. The van der Waals surface area contributed by atoms with E-state index in [1.165, 1.54) is 4.68 Å². The smallest absolute Gasteiger partial charge is 0.214 e. The van der Waals surface area contributed by atoms with E-state index in [4.69, 9.17) is 18.1 Å². The van der Waals surface area contributed by atoms with E-state index >= 15 is 0 Å². The van der Waals surface area contributed by atoms with Crippen molar-refractivity contribution in [1.82, 2.24) is 24.7 Å². The number of H-pyrrole nitrogens is 1. The summed E-state index contributed by atoms with van der Waals surface area (Å²) in [6.07, 6.45) is 1.81. The fourth-order valence-electron chi connectivity index (χ4n) is 1.02. The maximum Gasteiger partial charge on any atom is 0.214 e. The molecular weight excluding hydrogens is 188 g/mol. The zero-order valence-electron chi connectivity index (χ0n) is 6.93. The fraction of sp³-hybridized carbons (Fsp3) is 0.167. The summed E-state index contributed by atoms with van der Waals surface area (Å²) in [5.74, 6) is 6.15. The summed E-state index contributed by atoms with van der Waals surface area (Å²) in [6, 6.07) is 1.81. The van der Waals surface area contributed by atoms with Crippen molar-refractivity contribution in [2.75, 3.05) is 5.84 Å². The summed E-state index contributed by atoms with van der Waals surface area (Å²) in [5.41, 5.74) is 0.692. The van der Waals surface area contributed by atoms with Crippen LogP contribution in [0.25, 0.3) is 11.5 Å². The van der Waals surface area contributed by atoms with Crippen LogP contribution < -0.4 is 5.84 Å². The minimum Gasteiger partial charge on any atom is -0.335 e. The minimum atomic E-state index is 0.376. The normalized spacial score (nSPS) is 10.5. The van der Waals surface area contributed by atoms with Crippen molar-refractivity contribution in [2.24, 2.45) is 7.05 Å². The van der Waals surface area contributed by atoms with Gasteiger partial charge in [-0.25, -0.2) is 9.77 Å². The molecule has 0 radical (unpaired) electrons. The average molecular weight is 196 g/mol. The number of aromatic nitrogens is 5. The molecule has 2 rings (SSSR count). The molecule has 0 fully saturated rings. The van der Waals surface area contributed by atoms with Crippen LogP contribution in [0.1, 0.15) is 0 Å². The second-order valence-corrected chi connectivity index (χ2v) is 2.98. The van der Waals surface area contributed by atoms with E-state index < -0.39 is 0 Å². The highest BCUT2D eigenvalue weighted by molar-refractivity contribution is 7.71. The second-order valence-electron chi connectivity index (χ2n) is 2.60. The molecule has 68 valence electrons. The minimum absolute atomic E-state index is 0.376. The number of rotatable bonds is 1. The molecule has 3 N–H and O–H groups in total. The molecule has 13 heavy (non-hydrogen) atoms. The lowest BCUT2D eigenvalue weighted by Crippen LogP contribution is -2.10. The Labute approximate surface area is 79.0 Å². The summed E-state index contributed by atoms with van der Waals surface area (Å²) in [6.45, 7) is 0. The van der Waals surface area contributed by atoms with Crippen LogP contribution in [-0.2, 0) is 7.05 Å². The maximum absolute atomic E-state index is 5.61. The summed E-state index contributed by atoms with van der Waals surface area (Å²) in [4.78, 5) is 0. The number of hydrogen-bond acceptors (Lipinski definition) is 4. The zero-order chi connectivity index (χ0) is 9.42. The van der Waals surface area contributed by atoms with Gasteiger partial charge in [0, 0.05) is 13.2 Å². The van der Waals surface area contributed by atoms with Crippen molar-refractivity contribution < 1.29 is 0 Å². The van der Waals surface area contributed by atoms with Crippen LogP contribution in [0.4, 0.5) is 0 Å². The van der Waals surface area contributed by atoms with Crippen LogP contribution >= 0.6 is 12.2 Å². The topological polar surface area (TPSA) is 77.5 Å². The number of aromatic amines is 1. The van der Waals surface area contributed by atoms with Gasteiger partial charge < -0.3 is 5.84 Å². The van der Waals surface area contributed by atoms with Crippen molar-refractivity contribution in [3.05, 3.63) is 17.0 Å². The molecule has 0 saturated carbocycles. The summed E-state index contributed by atoms with van der Waals surface area (Å²) < 4.78 is 3.34. The number of hydrogen-bond donors (Lipinski definition) is 2. The number of nitrogens with two attached hydrogens (primary N) is 1. The predicted octanol–water partition coefficient (Wildman–Crippen LogP) is 0.0550. The monoisotopic (exact) mass is 196 g/mol. The highest BCUT2D eigenvalue weighted by atomic mass is 32.1. The van der Waals surface area contributed by atoms with E-state index in [0.29, 0.717) is 16.3 Å². The molecule has 0 saturated heterocycles. The SMILES string of the molecule is Cn1ccc(-c2n[nH]c(=S)n2N)n1. The average Bonchev–Trinajstić information content (AvgIpc) is 2.62. The molecule has 0 bridgehead atoms. The Hall–Kier alpha value is -1.63. The van der Waals surface area contributed by atoms with Gasteiger partial charge in [0.15, 0.2) is 0 Å². The Morgan fingerprint density at radius 2 is 2.38 bits per heavy atom. The second kappa shape index (κ2) is 2.70. The summed E-state index contributed by atoms with van der Waals surface area (Å²) in [5, 5.41) is 10.7. The number of aryl methyl sites for hydroxylation is 1. The third kappa shape index (κ3) is 1.22. The first-order valence-electron chi connectivity index (χ1n) is 3.61. The van der Waals surface area contributed by atoms with Crippen LogP contribution in [0.2, 0.25) is 0 Å². The van der Waals surface area contributed by atoms with Gasteiger partial charge in [-0.2, -0.15) is 10.2 Å². The van der Waals surface area contributed by atoms with Crippen LogP contribution in [0.5, 0.6) is 0 Å². The van der Waals surface area contributed by atoms with E-state index in [-0.39, 0.29) is 0 Å². The van der Waals surface area contributed by atoms with Gasteiger partial charge in [0.05, 0.1) is 0 Å². The first kappa shape index (κ1) is 7.99. The first-order chi connectivity index (χ1) is 6.18. The number of nitrogens with zero attached hydrogens (tertiary/aromatic N) is 4. The van der Waals surface area contributed by atoms with Crippen LogP contribution in [0.3, 0.4) is 0 Å². The third-order valence-electron chi connectivity index (χ3n) is 1.65. The van der Waals surface area contributed by atoms with E-state index in [0.717, 1.165) is 0 Å². The molecule has 6 nitrogen and oxygen atoms in total. The lowest BCUT2D eigenvalue weighted by molar-refractivity contribution is 0.767. The molecule has 0 amide bonds. The Bertz CT molecular complexity index is 477. The van der Waals surface area contributed by atoms with Gasteiger partial charge in [0.25, 0.3) is 0 Å². The molecular formula is C6H8N6S. The summed E-state index contributed by atoms with van der Waals surface area (Å²) >= 11 is 4.87. The Morgan fingerprint density at radius 1 is 1.62 bits per heavy atom. The van der Waals surface area contributed by atoms with Gasteiger partial charge in [-0.15, -0.1) is 0 Å². The molecule has 0 atom stereocenters. The molecule has 0 spiro atoms. The number of nitrogen functional groups attached to an aromatic ring is 1. The standard InChI is InChI=1S/C6H8N6S/c1-11-3-2-4(10-11)5-8-9-6(13)12(5)7/h2-3H,7H2,1H3,(H,9,13). The van der Waals surface area contributed by atoms with Crippen LogP contribution in [0.15, 0.2) is 12.3 Å². The Balaban J connectivity index is 2.58. The molecule has 0 aliphatic carbocycles. The molecule has 0 aromatic carbocycles. The quantitative estimate of drug-likeness (QED) is 0.499. The van der Waals surface area contributed by atoms with E-state index in [1.807, 2.05) is 19.3 Å². The van der Waals surface area contributed by atoms with Crippen molar-refractivity contribution in [3.63, 3.8) is 0 Å². The van der Waals surface area contributed by atoms with Crippen molar-refractivity contribution in [2.45, 2.75) is 0 Å². The van der Waals surface area contributed by atoms with Crippen molar-refractivity contribution in [3.8, 4) is 11.5 Å². The Kier molecular flexibility index (Phi) is 1.66. The Morgan fingerprint density at radius 3 is 2.85 bits per heavy atom. The van der Waals surface area contributed by atoms with Gasteiger partial charge in [0.1, 0.15) is 5.69 Å². The van der Waals surface area contributed by atoms with Crippen molar-refractivity contribution in [1.29, 1.82) is 0 Å². The molecule has 0 aliphatic heterocycles. The van der Waals surface area contributed by atoms with Gasteiger partial charge in [-0.1, -0.05) is 0 Å². The highest BCUT2D eigenvalue weighted by Crippen LogP contribution is 2.10.